The number of anilines is 1. The van der Waals surface area contributed by atoms with E-state index in [4.69, 9.17) is 4.74 Å². The third-order valence-electron chi connectivity index (χ3n) is 6.64. The number of nitrogens with zero attached hydrogens (tertiary/aromatic N) is 6. The zero-order chi connectivity index (χ0) is 26.9. The van der Waals surface area contributed by atoms with E-state index >= 15 is 0 Å². The second-order valence-corrected chi connectivity index (χ2v) is 10.8. The number of aromatic nitrogens is 4. The van der Waals surface area contributed by atoms with Gasteiger partial charge in [-0.3, -0.25) is 9.78 Å². The largest absolute Gasteiger partial charge is 0.453 e. The van der Waals surface area contributed by atoms with Crippen molar-refractivity contribution in [1.29, 1.82) is 0 Å². The maximum Gasteiger partial charge on any atom is 0.319 e. The van der Waals surface area contributed by atoms with Crippen LogP contribution in [-0.4, -0.2) is 81.0 Å². The Bertz CT molecular complexity index is 1530. The first kappa shape index (κ1) is 25.2. The van der Waals surface area contributed by atoms with Crippen molar-refractivity contribution in [3.63, 3.8) is 0 Å². The van der Waals surface area contributed by atoms with Crippen molar-refractivity contribution >= 4 is 39.2 Å². The van der Waals surface area contributed by atoms with Crippen molar-refractivity contribution in [2.45, 2.75) is 25.4 Å². The van der Waals surface area contributed by atoms with Crippen LogP contribution in [0.1, 0.15) is 12.8 Å². The number of halogens is 1. The molecular formula is C26H27FN8O3S. The Balaban J connectivity index is 1.15. The van der Waals surface area contributed by atoms with Crippen molar-refractivity contribution in [1.82, 2.24) is 35.1 Å². The third kappa shape index (κ3) is 5.83. The lowest BCUT2D eigenvalue weighted by Crippen LogP contribution is -2.48. The molecule has 0 radical (unpaired) electrons. The third-order valence-corrected chi connectivity index (χ3v) is 7.80. The van der Waals surface area contributed by atoms with E-state index in [2.05, 4.69) is 30.8 Å². The fraction of sp³-hybridized carbons (Fsp3) is 0.346. The molecule has 1 saturated carbocycles. The zero-order valence-electron chi connectivity index (χ0n) is 21.3. The number of hydrogen-bond acceptors (Lipinski definition) is 8. The molecule has 2 fully saturated rings. The normalized spacial score (nSPS) is 15.9. The number of amides is 3. The molecule has 0 bridgehead atoms. The Morgan fingerprint density at radius 1 is 1.13 bits per heavy atom. The molecule has 13 heteroatoms. The van der Waals surface area contributed by atoms with Crippen LogP contribution in [0.4, 0.5) is 14.9 Å². The van der Waals surface area contributed by atoms with E-state index in [0.717, 1.165) is 35.5 Å². The van der Waals surface area contributed by atoms with Crippen LogP contribution in [-0.2, 0) is 11.3 Å². The van der Waals surface area contributed by atoms with Gasteiger partial charge in [-0.2, -0.15) is 0 Å². The van der Waals surface area contributed by atoms with Gasteiger partial charge in [0.1, 0.15) is 18.0 Å². The minimum atomic E-state index is -0.603. The number of nitrogens with one attached hydrogen (secondary N) is 2. The molecule has 4 heterocycles. The Morgan fingerprint density at radius 2 is 1.95 bits per heavy atom. The monoisotopic (exact) mass is 550 g/mol. The van der Waals surface area contributed by atoms with Gasteiger partial charge in [-0.05, 0) is 38.1 Å². The highest BCUT2D eigenvalue weighted by molar-refractivity contribution is 7.22. The van der Waals surface area contributed by atoms with Crippen molar-refractivity contribution in [2.24, 2.45) is 0 Å². The summed E-state index contributed by atoms with van der Waals surface area (Å²) < 4.78 is 23.0. The predicted molar refractivity (Wildman–Crippen MR) is 144 cm³/mol. The predicted octanol–water partition coefficient (Wildman–Crippen LogP) is 3.54. The summed E-state index contributed by atoms with van der Waals surface area (Å²) in [5, 5.41) is 13.8. The minimum absolute atomic E-state index is 0.0139. The number of thiophene rings is 1. The summed E-state index contributed by atoms with van der Waals surface area (Å²) in [5.41, 5.74) is 1.62. The van der Waals surface area contributed by atoms with Gasteiger partial charge in [0.2, 0.25) is 5.91 Å². The number of carbonyl (C=O) groups excluding carboxylic acids is 2. The van der Waals surface area contributed by atoms with Gasteiger partial charge in [0.15, 0.2) is 11.6 Å². The summed E-state index contributed by atoms with van der Waals surface area (Å²) in [6.45, 7) is 3.25. The van der Waals surface area contributed by atoms with Crippen LogP contribution in [0.15, 0.2) is 42.7 Å². The topological polar surface area (TPSA) is 118 Å². The van der Waals surface area contributed by atoms with E-state index < -0.39 is 5.82 Å². The fourth-order valence-corrected chi connectivity index (χ4v) is 5.28. The quantitative estimate of drug-likeness (QED) is 0.361. The lowest BCUT2D eigenvalue weighted by Gasteiger charge is -2.32. The molecule has 3 aromatic heterocycles. The number of fused-ring (bicyclic) bond motifs is 1. The first-order chi connectivity index (χ1) is 18.9. The molecule has 11 nitrogen and oxygen atoms in total. The molecule has 202 valence electrons. The van der Waals surface area contributed by atoms with E-state index in [1.54, 1.807) is 29.2 Å². The summed E-state index contributed by atoms with van der Waals surface area (Å²) in [5.74, 6) is -0.118. The number of benzene rings is 1. The van der Waals surface area contributed by atoms with Gasteiger partial charge in [-0.1, -0.05) is 5.21 Å². The smallest absolute Gasteiger partial charge is 0.319 e. The number of carbonyl (C=O) groups is 2. The van der Waals surface area contributed by atoms with E-state index in [-0.39, 0.29) is 30.3 Å². The van der Waals surface area contributed by atoms with Crippen LogP contribution in [0.5, 0.6) is 11.5 Å². The standard InChI is InChI=1S/C26H27FN8O3S/c1-33-8-10-34(11-9-33)24(36)15-35-14-20(31-32-35)23-13-19-25(39-23)22(6-7-28-19)38-21-5-4-17(12-18(21)27)30-26(37)29-16-2-3-16/h4-7,12-14,16H,2-3,8-11,15H2,1H3,(H2,29,30,37). The minimum Gasteiger partial charge on any atom is -0.453 e. The molecular weight excluding hydrogens is 523 g/mol. The summed E-state index contributed by atoms with van der Waals surface area (Å²) in [7, 11) is 2.05. The molecule has 4 aromatic rings. The molecule has 2 aliphatic rings. The molecule has 1 aliphatic carbocycles. The van der Waals surface area contributed by atoms with Crippen LogP contribution in [0.3, 0.4) is 0 Å². The highest BCUT2D eigenvalue weighted by Gasteiger charge is 2.23. The van der Waals surface area contributed by atoms with Crippen molar-refractivity contribution < 1.29 is 18.7 Å². The molecule has 39 heavy (non-hydrogen) atoms. The average molecular weight is 551 g/mol. The lowest BCUT2D eigenvalue weighted by atomic mass is 10.3. The van der Waals surface area contributed by atoms with Crippen molar-refractivity contribution in [3.8, 4) is 22.1 Å². The van der Waals surface area contributed by atoms with Gasteiger partial charge in [0.25, 0.3) is 0 Å². The molecule has 1 aliphatic heterocycles. The van der Waals surface area contributed by atoms with Gasteiger partial charge in [-0.25, -0.2) is 13.9 Å². The van der Waals surface area contributed by atoms with Crippen LogP contribution in [0.25, 0.3) is 20.8 Å². The van der Waals surface area contributed by atoms with Crippen LogP contribution in [0.2, 0.25) is 0 Å². The molecule has 1 aromatic carbocycles. The maximum absolute atomic E-state index is 14.8. The molecule has 3 amide bonds. The van der Waals surface area contributed by atoms with Gasteiger partial charge < -0.3 is 25.2 Å². The summed E-state index contributed by atoms with van der Waals surface area (Å²) in [6.07, 6.45) is 5.27. The molecule has 0 unspecified atom stereocenters. The SMILES string of the molecule is CN1CCN(C(=O)Cn2cc(-c3cc4nccc(Oc5ccc(NC(=O)NC6CC6)cc5F)c4s3)nn2)CC1. The van der Waals surface area contributed by atoms with Crippen LogP contribution in [0, 0.1) is 5.82 Å². The Morgan fingerprint density at radius 3 is 2.72 bits per heavy atom. The Kier molecular flexibility index (Phi) is 6.83. The number of ether oxygens (including phenoxy) is 1. The number of likely N-dealkylation sites (N-methyl/N-ethyl adjacent to an activating group) is 1. The molecule has 0 spiro atoms. The second-order valence-electron chi connectivity index (χ2n) is 9.74. The first-order valence-corrected chi connectivity index (χ1v) is 13.5. The van der Waals surface area contributed by atoms with Crippen LogP contribution < -0.4 is 15.4 Å². The number of rotatable bonds is 7. The molecule has 1 saturated heterocycles. The van der Waals surface area contributed by atoms with E-state index in [1.807, 2.05) is 18.0 Å². The average Bonchev–Trinajstić information content (AvgIpc) is 3.41. The molecule has 6 rings (SSSR count). The zero-order valence-corrected chi connectivity index (χ0v) is 22.1. The highest BCUT2D eigenvalue weighted by atomic mass is 32.1. The number of pyridine rings is 1. The van der Waals surface area contributed by atoms with E-state index in [9.17, 15) is 14.0 Å². The Labute approximate surface area is 227 Å². The fourth-order valence-electron chi connectivity index (χ4n) is 4.26. The van der Waals surface area contributed by atoms with Crippen molar-refractivity contribution in [3.05, 3.63) is 48.5 Å². The number of urea groups is 1. The van der Waals surface area contributed by atoms with Crippen molar-refractivity contribution in [2.75, 3.05) is 38.5 Å². The highest BCUT2D eigenvalue weighted by Crippen LogP contribution is 2.39. The van der Waals surface area contributed by atoms with Crippen LogP contribution >= 0.6 is 11.3 Å². The number of hydrogen-bond donors (Lipinski definition) is 2. The van der Waals surface area contributed by atoms with E-state index in [1.165, 1.54) is 23.5 Å². The molecule has 0 atom stereocenters. The lowest BCUT2D eigenvalue weighted by molar-refractivity contribution is -0.133. The van der Waals surface area contributed by atoms with E-state index in [0.29, 0.717) is 35.7 Å². The van der Waals surface area contributed by atoms with Gasteiger partial charge in [0, 0.05) is 56.2 Å². The Hall–Kier alpha value is -4.10. The summed E-state index contributed by atoms with van der Waals surface area (Å²) >= 11 is 1.39. The first-order valence-electron chi connectivity index (χ1n) is 12.7. The van der Waals surface area contributed by atoms with Gasteiger partial charge in [0.05, 0.1) is 21.3 Å². The van der Waals surface area contributed by atoms with Gasteiger partial charge in [-0.15, -0.1) is 16.4 Å². The summed E-state index contributed by atoms with van der Waals surface area (Å²) in [4.78, 5) is 33.9. The molecule has 2 N–H and O–H groups in total. The van der Waals surface area contributed by atoms with Gasteiger partial charge >= 0.3 is 6.03 Å². The number of piperazine rings is 1. The summed E-state index contributed by atoms with van der Waals surface area (Å²) in [6, 6.07) is 7.68. The second kappa shape index (κ2) is 10.6. The maximum atomic E-state index is 14.8.